The van der Waals surface area contributed by atoms with Crippen LogP contribution in [0.3, 0.4) is 0 Å². The summed E-state index contributed by atoms with van der Waals surface area (Å²) in [5.74, 6) is 2.08. The Balaban J connectivity index is 1.48. The van der Waals surface area contributed by atoms with Gasteiger partial charge in [-0.1, -0.05) is 13.0 Å². The molecule has 3 aliphatic rings. The normalized spacial score (nSPS) is 34.7. The summed E-state index contributed by atoms with van der Waals surface area (Å²) in [6.45, 7) is 7.34. The highest BCUT2D eigenvalue weighted by molar-refractivity contribution is 5.57. The number of nitrogens with zero attached hydrogens (tertiary/aromatic N) is 2. The molecule has 5 rings (SSSR count). The van der Waals surface area contributed by atoms with Crippen LogP contribution in [-0.2, 0) is 13.0 Å². The third kappa shape index (κ3) is 2.87. The van der Waals surface area contributed by atoms with E-state index in [4.69, 9.17) is 0 Å². The number of rotatable bonds is 2. The van der Waals surface area contributed by atoms with E-state index >= 15 is 0 Å². The van der Waals surface area contributed by atoms with Crippen molar-refractivity contribution >= 4 is 6.08 Å². The van der Waals surface area contributed by atoms with Crippen LogP contribution in [0.2, 0.25) is 0 Å². The van der Waals surface area contributed by atoms with Crippen LogP contribution in [0.5, 0.6) is 5.75 Å². The second kappa shape index (κ2) is 6.73. The van der Waals surface area contributed by atoms with Crippen LogP contribution in [0.4, 0.5) is 0 Å². The molecule has 0 aliphatic heterocycles. The smallest absolute Gasteiger partial charge is 0.115 e. The highest BCUT2D eigenvalue weighted by Crippen LogP contribution is 2.62. The fraction of sp³-hybridized carbons (Fsp3) is 0.560. The summed E-state index contributed by atoms with van der Waals surface area (Å²) >= 11 is 0. The Hall–Kier alpha value is -2.07. The van der Waals surface area contributed by atoms with Crippen LogP contribution in [0, 0.1) is 24.2 Å². The first-order valence-corrected chi connectivity index (χ1v) is 11.1. The van der Waals surface area contributed by atoms with Gasteiger partial charge in [-0.15, -0.1) is 0 Å². The molecule has 4 heteroatoms. The van der Waals surface area contributed by atoms with Crippen molar-refractivity contribution in [1.82, 2.24) is 9.78 Å². The summed E-state index contributed by atoms with van der Waals surface area (Å²) in [6, 6.07) is 5.95. The molecule has 1 aromatic carbocycles. The lowest BCUT2D eigenvalue weighted by atomic mass is 9.55. The SMILES string of the molecule is CCn1cc(/C=C2\C[C@@H]3[C@H]4CCc5cc(O)ccc5[C@@H]4CC[C@]3(C)[C@@H]2O)c(C)n1. The van der Waals surface area contributed by atoms with Gasteiger partial charge in [0.25, 0.3) is 0 Å². The number of hydrogen-bond donors (Lipinski definition) is 2. The van der Waals surface area contributed by atoms with Gasteiger partial charge >= 0.3 is 0 Å². The van der Waals surface area contributed by atoms with E-state index < -0.39 is 0 Å². The van der Waals surface area contributed by atoms with Gasteiger partial charge in [0.2, 0.25) is 0 Å². The lowest BCUT2D eigenvalue weighted by Crippen LogP contribution is -2.44. The molecule has 4 nitrogen and oxygen atoms in total. The number of aryl methyl sites for hydroxylation is 3. The van der Waals surface area contributed by atoms with Crippen molar-refractivity contribution in [2.45, 2.75) is 71.4 Å². The van der Waals surface area contributed by atoms with Gasteiger partial charge in [0, 0.05) is 23.7 Å². The molecule has 0 bridgehead atoms. The standard InChI is InChI=1S/C25H32N2O2/c1-4-27-14-18(15(2)26-27)11-17-13-23-22-7-5-16-12-19(28)6-8-20(16)21(22)9-10-25(23,3)24(17)29/h6,8,11-12,14,21-24,28-29H,4-5,7,9-10,13H2,1-3H3/b17-11+/t21-,22-,23+,24+,25-/m0/s1. The van der Waals surface area contributed by atoms with Crippen LogP contribution < -0.4 is 0 Å². The number of aromatic hydroxyl groups is 1. The quantitative estimate of drug-likeness (QED) is 0.770. The molecule has 154 valence electrons. The highest BCUT2D eigenvalue weighted by Gasteiger charge is 2.56. The molecule has 0 unspecified atom stereocenters. The fourth-order valence-corrected chi connectivity index (χ4v) is 6.60. The summed E-state index contributed by atoms with van der Waals surface area (Å²) < 4.78 is 1.97. The summed E-state index contributed by atoms with van der Waals surface area (Å²) in [5, 5.41) is 25.8. The molecule has 2 saturated carbocycles. The molecule has 0 spiro atoms. The largest absolute Gasteiger partial charge is 0.508 e. The van der Waals surface area contributed by atoms with E-state index in [-0.39, 0.29) is 11.5 Å². The maximum atomic E-state index is 11.4. The van der Waals surface area contributed by atoms with Gasteiger partial charge in [-0.2, -0.15) is 5.10 Å². The lowest BCUT2D eigenvalue weighted by Gasteiger charge is -2.49. The number of benzene rings is 1. The molecule has 1 heterocycles. The number of phenolic OH excluding ortho intramolecular Hbond substituents is 1. The Morgan fingerprint density at radius 2 is 2.14 bits per heavy atom. The first-order chi connectivity index (χ1) is 13.9. The van der Waals surface area contributed by atoms with Crippen molar-refractivity contribution < 1.29 is 10.2 Å². The van der Waals surface area contributed by atoms with Crippen LogP contribution in [0.25, 0.3) is 6.08 Å². The Labute approximate surface area is 173 Å². The molecule has 2 fully saturated rings. The minimum absolute atomic E-state index is 0.0317. The van der Waals surface area contributed by atoms with Gasteiger partial charge in [-0.3, -0.25) is 4.68 Å². The Morgan fingerprint density at radius 1 is 1.31 bits per heavy atom. The Morgan fingerprint density at radius 3 is 2.90 bits per heavy atom. The monoisotopic (exact) mass is 392 g/mol. The summed E-state index contributed by atoms with van der Waals surface area (Å²) in [6.07, 6.45) is 9.33. The number of phenols is 1. The minimum Gasteiger partial charge on any atom is -0.508 e. The van der Waals surface area contributed by atoms with Crippen LogP contribution in [0.15, 0.2) is 30.0 Å². The lowest BCUT2D eigenvalue weighted by molar-refractivity contribution is -0.0158. The van der Waals surface area contributed by atoms with Gasteiger partial charge < -0.3 is 10.2 Å². The molecule has 3 aliphatic carbocycles. The number of aliphatic hydroxyl groups is 1. The first kappa shape index (κ1) is 18.9. The average molecular weight is 393 g/mol. The number of aliphatic hydroxyl groups excluding tert-OH is 1. The average Bonchev–Trinajstić information content (AvgIpc) is 3.19. The Kier molecular flexibility index (Phi) is 4.39. The maximum absolute atomic E-state index is 11.4. The van der Waals surface area contributed by atoms with Crippen LogP contribution in [-0.4, -0.2) is 26.1 Å². The van der Waals surface area contributed by atoms with Gasteiger partial charge in [0.05, 0.1) is 11.8 Å². The van der Waals surface area contributed by atoms with Crippen molar-refractivity contribution in [3.8, 4) is 5.75 Å². The summed E-state index contributed by atoms with van der Waals surface area (Å²) in [4.78, 5) is 0. The molecule has 0 saturated heterocycles. The second-order valence-corrected chi connectivity index (χ2v) is 9.69. The predicted molar refractivity (Wildman–Crippen MR) is 115 cm³/mol. The molecule has 1 aromatic heterocycles. The summed E-state index contributed by atoms with van der Waals surface area (Å²) in [7, 11) is 0. The third-order valence-corrected chi connectivity index (χ3v) is 8.23. The topological polar surface area (TPSA) is 58.3 Å². The molecule has 5 atom stereocenters. The molecule has 2 N–H and O–H groups in total. The molecule has 0 amide bonds. The van der Waals surface area contributed by atoms with Crippen LogP contribution in [0.1, 0.15) is 67.8 Å². The number of fused-ring (bicyclic) bond motifs is 5. The van der Waals surface area contributed by atoms with Crippen molar-refractivity contribution in [2.75, 3.05) is 0 Å². The van der Waals surface area contributed by atoms with Gasteiger partial charge in [0.1, 0.15) is 5.75 Å². The van der Waals surface area contributed by atoms with Crippen molar-refractivity contribution in [3.63, 3.8) is 0 Å². The van der Waals surface area contributed by atoms with Gasteiger partial charge in [0.15, 0.2) is 0 Å². The van der Waals surface area contributed by atoms with E-state index in [9.17, 15) is 10.2 Å². The van der Waals surface area contributed by atoms with Gasteiger partial charge in [-0.05, 0) is 98.6 Å². The van der Waals surface area contributed by atoms with E-state index in [1.54, 1.807) is 0 Å². The molecular formula is C25H32N2O2. The van der Waals surface area contributed by atoms with Crippen LogP contribution >= 0.6 is 0 Å². The minimum atomic E-state index is -0.362. The maximum Gasteiger partial charge on any atom is 0.115 e. The van der Waals surface area contributed by atoms with E-state index in [2.05, 4.69) is 44.2 Å². The second-order valence-electron chi connectivity index (χ2n) is 9.69. The number of aromatic nitrogens is 2. The zero-order chi connectivity index (χ0) is 20.3. The molecule has 0 radical (unpaired) electrons. The molecule has 2 aromatic rings. The van der Waals surface area contributed by atoms with Crippen molar-refractivity contribution in [3.05, 3.63) is 52.4 Å². The summed E-state index contributed by atoms with van der Waals surface area (Å²) in [5.41, 5.74) is 6.10. The van der Waals surface area contributed by atoms with E-state index in [0.717, 1.165) is 49.9 Å². The van der Waals surface area contributed by atoms with E-state index in [1.165, 1.54) is 16.7 Å². The zero-order valence-corrected chi connectivity index (χ0v) is 17.7. The Bertz CT molecular complexity index is 975. The van der Waals surface area contributed by atoms with Gasteiger partial charge in [-0.25, -0.2) is 0 Å². The molecule has 29 heavy (non-hydrogen) atoms. The predicted octanol–water partition coefficient (Wildman–Crippen LogP) is 4.83. The third-order valence-electron chi connectivity index (χ3n) is 8.23. The number of hydrogen-bond acceptors (Lipinski definition) is 3. The fourth-order valence-electron chi connectivity index (χ4n) is 6.60. The highest BCUT2D eigenvalue weighted by atomic mass is 16.3. The van der Waals surface area contributed by atoms with Crippen molar-refractivity contribution in [1.29, 1.82) is 0 Å². The van der Waals surface area contributed by atoms with E-state index in [1.807, 2.05) is 16.8 Å². The first-order valence-electron chi connectivity index (χ1n) is 11.1. The van der Waals surface area contributed by atoms with Crippen molar-refractivity contribution in [2.24, 2.45) is 17.3 Å². The molecular weight excluding hydrogens is 360 g/mol. The zero-order valence-electron chi connectivity index (χ0n) is 17.7. The van der Waals surface area contributed by atoms with E-state index in [0.29, 0.717) is 23.5 Å².